The van der Waals surface area contributed by atoms with Crippen molar-refractivity contribution in [1.29, 1.82) is 0 Å². The average Bonchev–Trinajstić information content (AvgIpc) is 2.47. The molecule has 0 radical (unpaired) electrons. The number of nitrogens with zero attached hydrogens (tertiary/aromatic N) is 1. The second kappa shape index (κ2) is 6.06. The Kier molecular flexibility index (Phi) is 4.49. The maximum absolute atomic E-state index is 13.5. The molecular formula is C16H20FNO5. The first-order chi connectivity index (χ1) is 10.6. The SMILES string of the molecule is COC(=O)[C@@H]1Cc2c(ccc(F)c2O)CN1C(=O)OC(C)(C)C. The lowest BCUT2D eigenvalue weighted by Crippen LogP contribution is -2.50. The summed E-state index contributed by atoms with van der Waals surface area (Å²) in [5, 5.41) is 9.87. The lowest BCUT2D eigenvalue weighted by molar-refractivity contribution is -0.147. The molecule has 0 unspecified atom stereocenters. The molecule has 1 aliphatic heterocycles. The van der Waals surface area contributed by atoms with Crippen molar-refractivity contribution in [2.75, 3.05) is 7.11 Å². The van der Waals surface area contributed by atoms with Gasteiger partial charge < -0.3 is 14.6 Å². The molecule has 1 aromatic carbocycles. The van der Waals surface area contributed by atoms with E-state index in [1.165, 1.54) is 18.1 Å². The molecule has 23 heavy (non-hydrogen) atoms. The van der Waals surface area contributed by atoms with Crippen molar-refractivity contribution in [3.63, 3.8) is 0 Å². The fourth-order valence-electron chi connectivity index (χ4n) is 2.48. The molecular weight excluding hydrogens is 305 g/mol. The van der Waals surface area contributed by atoms with Gasteiger partial charge in [0.05, 0.1) is 13.7 Å². The standard InChI is InChI=1S/C16H20FNO5/c1-16(2,3)23-15(21)18-8-9-5-6-11(17)13(19)10(9)7-12(18)14(20)22-4/h5-6,12,19H,7-8H2,1-4H3/t12-/m0/s1. The number of rotatable bonds is 1. The van der Waals surface area contributed by atoms with Crippen molar-refractivity contribution in [2.24, 2.45) is 0 Å². The van der Waals surface area contributed by atoms with Gasteiger partial charge in [0.15, 0.2) is 11.6 Å². The Morgan fingerprint density at radius 3 is 2.57 bits per heavy atom. The van der Waals surface area contributed by atoms with Crippen LogP contribution in [0.5, 0.6) is 5.75 Å². The van der Waals surface area contributed by atoms with Gasteiger partial charge in [-0.2, -0.15) is 0 Å². The first kappa shape index (κ1) is 17.1. The summed E-state index contributed by atoms with van der Waals surface area (Å²) in [6, 6.07) is 1.63. The lowest BCUT2D eigenvalue weighted by atomic mass is 9.93. The van der Waals surface area contributed by atoms with Crippen molar-refractivity contribution in [3.05, 3.63) is 29.1 Å². The van der Waals surface area contributed by atoms with Crippen LogP contribution in [0.4, 0.5) is 9.18 Å². The number of phenolic OH excluding ortho intramolecular Hbond substituents is 1. The van der Waals surface area contributed by atoms with Crippen LogP contribution in [0.2, 0.25) is 0 Å². The second-order valence-corrected chi connectivity index (χ2v) is 6.38. The molecule has 0 saturated carbocycles. The van der Waals surface area contributed by atoms with Gasteiger partial charge >= 0.3 is 12.1 Å². The number of halogens is 1. The lowest BCUT2D eigenvalue weighted by Gasteiger charge is -2.36. The summed E-state index contributed by atoms with van der Waals surface area (Å²) in [7, 11) is 1.20. The van der Waals surface area contributed by atoms with Gasteiger partial charge in [-0.25, -0.2) is 14.0 Å². The fourth-order valence-corrected chi connectivity index (χ4v) is 2.48. The highest BCUT2D eigenvalue weighted by atomic mass is 19.1. The van der Waals surface area contributed by atoms with Crippen molar-refractivity contribution in [1.82, 2.24) is 4.90 Å². The highest BCUT2D eigenvalue weighted by Crippen LogP contribution is 2.33. The van der Waals surface area contributed by atoms with Crippen molar-refractivity contribution < 1.29 is 28.6 Å². The number of phenols is 1. The smallest absolute Gasteiger partial charge is 0.411 e. The molecule has 1 heterocycles. The van der Waals surface area contributed by atoms with Gasteiger partial charge in [0, 0.05) is 12.0 Å². The molecule has 1 N–H and O–H groups in total. The number of fused-ring (bicyclic) bond motifs is 1. The van der Waals surface area contributed by atoms with Crippen LogP contribution in [0.25, 0.3) is 0 Å². The molecule has 0 saturated heterocycles. The normalized spacial score (nSPS) is 17.4. The monoisotopic (exact) mass is 325 g/mol. The Morgan fingerprint density at radius 2 is 2.00 bits per heavy atom. The van der Waals surface area contributed by atoms with Gasteiger partial charge in [-0.1, -0.05) is 6.07 Å². The third-order valence-electron chi connectivity index (χ3n) is 3.55. The van der Waals surface area contributed by atoms with Crippen molar-refractivity contribution >= 4 is 12.1 Å². The molecule has 0 aromatic heterocycles. The molecule has 7 heteroatoms. The minimum Gasteiger partial charge on any atom is -0.505 e. The zero-order chi connectivity index (χ0) is 17.4. The van der Waals surface area contributed by atoms with Gasteiger partial charge in [0.1, 0.15) is 11.6 Å². The van der Waals surface area contributed by atoms with Gasteiger partial charge in [0.25, 0.3) is 0 Å². The summed E-state index contributed by atoms with van der Waals surface area (Å²) in [4.78, 5) is 25.6. The molecule has 1 atom stereocenters. The minimum absolute atomic E-state index is 0.0256. The highest BCUT2D eigenvalue weighted by molar-refractivity contribution is 5.82. The summed E-state index contributed by atoms with van der Waals surface area (Å²) in [6.45, 7) is 5.18. The molecule has 0 bridgehead atoms. The van der Waals surface area contributed by atoms with Crippen LogP contribution in [-0.2, 0) is 27.2 Å². The summed E-state index contributed by atoms with van der Waals surface area (Å²) < 4.78 is 23.6. The number of carbonyl (C=O) groups excluding carboxylic acids is 2. The predicted octanol–water partition coefficient (Wildman–Crippen LogP) is 2.37. The van der Waals surface area contributed by atoms with E-state index in [9.17, 15) is 19.1 Å². The largest absolute Gasteiger partial charge is 0.505 e. The Labute approximate surface area is 133 Å². The predicted molar refractivity (Wildman–Crippen MR) is 79.3 cm³/mol. The van der Waals surface area contributed by atoms with Crippen LogP contribution >= 0.6 is 0 Å². The van der Waals surface area contributed by atoms with E-state index < -0.39 is 35.3 Å². The number of hydrogen-bond acceptors (Lipinski definition) is 5. The number of hydrogen-bond donors (Lipinski definition) is 1. The molecule has 0 aliphatic carbocycles. The van der Waals surface area contributed by atoms with E-state index in [4.69, 9.17) is 9.47 Å². The van der Waals surface area contributed by atoms with E-state index >= 15 is 0 Å². The maximum atomic E-state index is 13.5. The molecule has 1 aliphatic rings. The number of carbonyl (C=O) groups is 2. The summed E-state index contributed by atoms with van der Waals surface area (Å²) in [5.41, 5.74) is 0.151. The third-order valence-corrected chi connectivity index (χ3v) is 3.55. The van der Waals surface area contributed by atoms with E-state index in [2.05, 4.69) is 0 Å². The molecule has 0 spiro atoms. The maximum Gasteiger partial charge on any atom is 0.411 e. The number of methoxy groups -OCH3 is 1. The number of benzene rings is 1. The van der Waals surface area contributed by atoms with E-state index in [0.29, 0.717) is 11.1 Å². The number of esters is 1. The quantitative estimate of drug-likeness (QED) is 0.802. The van der Waals surface area contributed by atoms with E-state index in [1.54, 1.807) is 20.8 Å². The third kappa shape index (κ3) is 3.55. The van der Waals surface area contributed by atoms with Gasteiger partial charge in [-0.15, -0.1) is 0 Å². The average molecular weight is 325 g/mol. The van der Waals surface area contributed by atoms with Crippen LogP contribution in [0, 0.1) is 5.82 Å². The van der Waals surface area contributed by atoms with E-state index in [1.807, 2.05) is 0 Å². The van der Waals surface area contributed by atoms with Crippen LogP contribution in [0.1, 0.15) is 31.9 Å². The number of aromatic hydroxyl groups is 1. The number of amides is 1. The Balaban J connectivity index is 2.38. The van der Waals surface area contributed by atoms with E-state index in [0.717, 1.165) is 6.07 Å². The minimum atomic E-state index is -0.977. The van der Waals surface area contributed by atoms with Crippen LogP contribution in [0.3, 0.4) is 0 Å². The topological polar surface area (TPSA) is 76.1 Å². The first-order valence-electron chi connectivity index (χ1n) is 7.20. The number of ether oxygens (including phenoxy) is 2. The fraction of sp³-hybridized carbons (Fsp3) is 0.500. The first-order valence-corrected chi connectivity index (χ1v) is 7.20. The molecule has 1 aromatic rings. The van der Waals surface area contributed by atoms with Crippen LogP contribution < -0.4 is 0 Å². The molecule has 2 rings (SSSR count). The Bertz CT molecular complexity index is 638. The zero-order valence-electron chi connectivity index (χ0n) is 13.6. The Morgan fingerprint density at radius 1 is 1.35 bits per heavy atom. The molecule has 1 amide bonds. The van der Waals surface area contributed by atoms with Crippen molar-refractivity contribution in [3.8, 4) is 5.75 Å². The second-order valence-electron chi connectivity index (χ2n) is 6.38. The Hall–Kier alpha value is -2.31. The molecule has 0 fully saturated rings. The molecule has 6 nitrogen and oxygen atoms in total. The summed E-state index contributed by atoms with van der Waals surface area (Å²) in [5.74, 6) is -1.91. The van der Waals surface area contributed by atoms with Gasteiger partial charge in [-0.3, -0.25) is 4.90 Å². The van der Waals surface area contributed by atoms with Crippen LogP contribution in [-0.4, -0.2) is 40.8 Å². The molecule has 126 valence electrons. The van der Waals surface area contributed by atoms with Crippen LogP contribution in [0.15, 0.2) is 12.1 Å². The van der Waals surface area contributed by atoms with Gasteiger partial charge in [-0.05, 0) is 32.4 Å². The zero-order valence-corrected chi connectivity index (χ0v) is 13.6. The summed E-state index contributed by atoms with van der Waals surface area (Å²) >= 11 is 0. The highest BCUT2D eigenvalue weighted by Gasteiger charge is 2.39. The van der Waals surface area contributed by atoms with E-state index in [-0.39, 0.29) is 13.0 Å². The van der Waals surface area contributed by atoms with Gasteiger partial charge in [0.2, 0.25) is 0 Å². The summed E-state index contributed by atoms with van der Waals surface area (Å²) in [6.07, 6.45) is -0.701. The van der Waals surface area contributed by atoms with Crippen molar-refractivity contribution in [2.45, 2.75) is 45.4 Å².